The Hall–Kier alpha value is -4.62. The molecule has 0 bridgehead atoms. The van der Waals surface area contributed by atoms with Crippen LogP contribution < -0.4 is 10.6 Å². The molecule has 210 valence electrons. The lowest BCUT2D eigenvalue weighted by atomic mass is 9.53. The van der Waals surface area contributed by atoms with Crippen LogP contribution in [0.4, 0.5) is 5.69 Å². The van der Waals surface area contributed by atoms with Crippen molar-refractivity contribution in [3.63, 3.8) is 0 Å². The Bertz CT molecular complexity index is 1630. The van der Waals surface area contributed by atoms with Gasteiger partial charge in [0, 0.05) is 43.2 Å². The molecule has 10 nitrogen and oxygen atoms in total. The molecule has 0 heterocycles. The summed E-state index contributed by atoms with van der Waals surface area (Å²) in [5, 5.41) is 22.6. The maximum atomic E-state index is 13.9. The van der Waals surface area contributed by atoms with Crippen LogP contribution >= 0.6 is 0 Å². The van der Waals surface area contributed by atoms with E-state index in [1.807, 2.05) is 0 Å². The van der Waals surface area contributed by atoms with Crippen molar-refractivity contribution in [3.05, 3.63) is 58.1 Å². The van der Waals surface area contributed by atoms with Gasteiger partial charge in [0.1, 0.15) is 5.75 Å². The Morgan fingerprint density at radius 3 is 2.27 bits per heavy atom. The first-order valence-electron chi connectivity index (χ1n) is 13.1. The van der Waals surface area contributed by atoms with Crippen molar-refractivity contribution in [2.24, 2.45) is 29.4 Å². The third-order valence-corrected chi connectivity index (χ3v) is 8.49. The third-order valence-electron chi connectivity index (χ3n) is 8.49. The van der Waals surface area contributed by atoms with Crippen LogP contribution in [0, 0.1) is 35.5 Å². The number of aliphatic hydroxyl groups is 1. The molecule has 3 aliphatic carbocycles. The number of phenolic OH excluding ortho intramolecular Hbond substituents is 1. The van der Waals surface area contributed by atoms with E-state index < -0.39 is 64.1 Å². The van der Waals surface area contributed by atoms with E-state index in [0.717, 1.165) is 0 Å². The summed E-state index contributed by atoms with van der Waals surface area (Å²) in [5.74, 6) is -5.01. The zero-order chi connectivity index (χ0) is 30.0. The maximum Gasteiger partial charge on any atom is 0.235 e. The number of ketones is 5. The van der Waals surface area contributed by atoms with Crippen LogP contribution in [0.15, 0.2) is 30.3 Å². The number of fused-ring (bicyclic) bond motifs is 3. The van der Waals surface area contributed by atoms with Crippen molar-refractivity contribution in [1.82, 2.24) is 0 Å². The molecule has 2 aromatic carbocycles. The van der Waals surface area contributed by atoms with Gasteiger partial charge in [0.25, 0.3) is 0 Å². The molecule has 0 saturated heterocycles. The van der Waals surface area contributed by atoms with Crippen LogP contribution in [0.1, 0.15) is 57.2 Å². The molecular formula is C31H28N2O8. The molecule has 2 fully saturated rings. The number of carbonyl (C=O) groups excluding carboxylic acids is 6. The molecule has 2 saturated carbocycles. The van der Waals surface area contributed by atoms with Crippen LogP contribution in [0.3, 0.4) is 0 Å². The largest absolute Gasteiger partial charge is 0.506 e. The minimum Gasteiger partial charge on any atom is -0.506 e. The molecule has 0 spiro atoms. The van der Waals surface area contributed by atoms with Crippen molar-refractivity contribution >= 4 is 40.5 Å². The molecule has 2 unspecified atom stereocenters. The summed E-state index contributed by atoms with van der Waals surface area (Å²) in [7, 11) is 3.52. The Morgan fingerprint density at radius 2 is 1.68 bits per heavy atom. The number of amides is 1. The number of phenols is 1. The summed E-state index contributed by atoms with van der Waals surface area (Å²) in [4.78, 5) is 78.4. The lowest BCUT2D eigenvalue weighted by molar-refractivity contribution is -0.175. The average Bonchev–Trinajstić information content (AvgIpc) is 2.90. The quantitative estimate of drug-likeness (QED) is 0.283. The summed E-state index contributed by atoms with van der Waals surface area (Å²) in [6.45, 7) is 1.45. The maximum absolute atomic E-state index is 13.9. The molecule has 5 rings (SSSR count). The van der Waals surface area contributed by atoms with E-state index >= 15 is 0 Å². The molecule has 2 aromatic rings. The Kier molecular flexibility index (Phi) is 6.66. The lowest BCUT2D eigenvalue weighted by Crippen LogP contribution is -2.68. The number of nitrogens with zero attached hydrogens (tertiary/aromatic N) is 1. The van der Waals surface area contributed by atoms with Gasteiger partial charge in [-0.3, -0.25) is 28.8 Å². The smallest absolute Gasteiger partial charge is 0.235 e. The second kappa shape index (κ2) is 9.78. The number of aromatic hydroxyl groups is 1. The fraction of sp³-hybridized carbons (Fsp3) is 0.355. The first kappa shape index (κ1) is 27.9. The number of hydrogen-bond donors (Lipinski definition) is 3. The summed E-state index contributed by atoms with van der Waals surface area (Å²) in [5.41, 5.74) is 4.72. The molecule has 0 aromatic heterocycles. The molecular weight excluding hydrogens is 528 g/mol. The number of anilines is 1. The molecule has 1 amide bonds. The van der Waals surface area contributed by atoms with Crippen LogP contribution in [0.25, 0.3) is 0 Å². The zero-order valence-electron chi connectivity index (χ0n) is 22.7. The highest BCUT2D eigenvalue weighted by Crippen LogP contribution is 2.51. The molecule has 0 aliphatic heterocycles. The minimum atomic E-state index is -2.70. The predicted molar refractivity (Wildman–Crippen MR) is 145 cm³/mol. The van der Waals surface area contributed by atoms with Gasteiger partial charge in [0.2, 0.25) is 5.91 Å². The summed E-state index contributed by atoms with van der Waals surface area (Å²) in [6.07, 6.45) is -0.195. The number of primary amides is 1. The van der Waals surface area contributed by atoms with Crippen LogP contribution in [-0.2, 0) is 25.6 Å². The van der Waals surface area contributed by atoms with Gasteiger partial charge in [0.15, 0.2) is 40.4 Å². The normalized spacial score (nSPS) is 26.7. The Labute approximate surface area is 235 Å². The van der Waals surface area contributed by atoms with E-state index in [1.165, 1.54) is 6.92 Å². The van der Waals surface area contributed by atoms with Gasteiger partial charge in [-0.25, -0.2) is 0 Å². The van der Waals surface area contributed by atoms with Crippen LogP contribution in [-0.4, -0.2) is 64.7 Å². The third kappa shape index (κ3) is 4.24. The topological polar surface area (TPSA) is 172 Å². The molecule has 10 heteroatoms. The van der Waals surface area contributed by atoms with Crippen LogP contribution in [0.2, 0.25) is 0 Å². The average molecular weight is 557 g/mol. The standard InChI is InChI=1S/C31H28N2O8/c1-14(34)16-7-4-15(5-8-16)6-9-17-12-21(33(2)3)20-11-18-10-19-13-22(35)25(30(32)40)29(39)31(19,41)28(38)23(18)27(37)24(20)26(17)36/h4-5,7-8,12,18-19,23,25,36,41H,10-11,13H2,1-3H3,(H2,32,40)/t18-,19+,23?,25?,31+/m1/s1. The monoisotopic (exact) mass is 556 g/mol. The van der Waals surface area contributed by atoms with Gasteiger partial charge >= 0.3 is 0 Å². The fourth-order valence-electron chi connectivity index (χ4n) is 6.44. The van der Waals surface area contributed by atoms with Crippen molar-refractivity contribution < 1.29 is 39.0 Å². The molecule has 4 N–H and O–H groups in total. The van der Waals surface area contributed by atoms with Gasteiger partial charge in [-0.15, -0.1) is 0 Å². The molecule has 41 heavy (non-hydrogen) atoms. The SMILES string of the molecule is CC(=O)c1ccc(C#Cc2cc(N(C)C)c3c(c2O)C(=O)C2C(=O)[C@]4(O)C(=O)C(C(N)=O)C(=O)C[C@@H]4C[C@@H]2C3)cc1. The number of carbonyl (C=O) groups is 6. The summed E-state index contributed by atoms with van der Waals surface area (Å²) in [6, 6.07) is 8.22. The Morgan fingerprint density at radius 1 is 1.02 bits per heavy atom. The van der Waals surface area contributed by atoms with Crippen molar-refractivity contribution in [1.29, 1.82) is 0 Å². The van der Waals surface area contributed by atoms with Gasteiger partial charge < -0.3 is 20.8 Å². The lowest BCUT2D eigenvalue weighted by Gasteiger charge is -2.48. The van der Waals surface area contributed by atoms with Gasteiger partial charge in [-0.1, -0.05) is 24.0 Å². The summed E-state index contributed by atoms with van der Waals surface area (Å²) < 4.78 is 0. The molecule has 3 aliphatic rings. The van der Waals surface area contributed by atoms with E-state index in [2.05, 4.69) is 11.8 Å². The summed E-state index contributed by atoms with van der Waals surface area (Å²) >= 11 is 0. The van der Waals surface area contributed by atoms with Crippen molar-refractivity contribution in [2.75, 3.05) is 19.0 Å². The van der Waals surface area contributed by atoms with E-state index in [-0.39, 0.29) is 36.2 Å². The van der Waals surface area contributed by atoms with Crippen molar-refractivity contribution in [2.45, 2.75) is 31.8 Å². The van der Waals surface area contributed by atoms with Gasteiger partial charge in [-0.05, 0) is 49.4 Å². The minimum absolute atomic E-state index is 0.0203. The number of Topliss-reactive ketones (excluding diaryl/α,β-unsaturated/α-hetero) is 5. The van der Waals surface area contributed by atoms with Gasteiger partial charge in [-0.2, -0.15) is 0 Å². The number of rotatable bonds is 3. The zero-order valence-corrected chi connectivity index (χ0v) is 22.7. The highest BCUT2D eigenvalue weighted by molar-refractivity contribution is 6.31. The second-order valence-electron chi connectivity index (χ2n) is 11.2. The number of nitrogens with two attached hydrogens (primary N) is 1. The van der Waals surface area contributed by atoms with Crippen LogP contribution in [0.5, 0.6) is 5.75 Å². The van der Waals surface area contributed by atoms with E-state index in [0.29, 0.717) is 22.4 Å². The van der Waals surface area contributed by atoms with E-state index in [1.54, 1.807) is 49.3 Å². The van der Waals surface area contributed by atoms with E-state index in [9.17, 15) is 39.0 Å². The van der Waals surface area contributed by atoms with E-state index in [4.69, 9.17) is 5.73 Å². The number of benzene rings is 2. The predicted octanol–water partition coefficient (Wildman–Crippen LogP) is 0.995. The van der Waals surface area contributed by atoms with Crippen molar-refractivity contribution in [3.8, 4) is 17.6 Å². The highest BCUT2D eigenvalue weighted by atomic mass is 16.3. The second-order valence-corrected chi connectivity index (χ2v) is 11.2. The highest BCUT2D eigenvalue weighted by Gasteiger charge is 2.66. The molecule has 5 atom stereocenters. The first-order chi connectivity index (χ1) is 19.3. The fourth-order valence-corrected chi connectivity index (χ4v) is 6.44. The molecule has 0 radical (unpaired) electrons. The Balaban J connectivity index is 1.59. The number of hydrogen-bond acceptors (Lipinski definition) is 9. The van der Waals surface area contributed by atoms with Gasteiger partial charge in [0.05, 0.1) is 17.0 Å². The first-order valence-corrected chi connectivity index (χ1v) is 13.1.